The Labute approximate surface area is 213 Å². The molecule has 2 aromatic rings. The van der Waals surface area contributed by atoms with Crippen molar-refractivity contribution in [2.75, 3.05) is 13.2 Å². The summed E-state index contributed by atoms with van der Waals surface area (Å²) in [4.78, 5) is 27.9. The van der Waals surface area contributed by atoms with Gasteiger partial charge in [-0.15, -0.1) is 0 Å². The third-order valence-corrected chi connectivity index (χ3v) is 8.24. The Morgan fingerprint density at radius 1 is 1.06 bits per heavy atom. The number of allylic oxidation sites excluding steroid dienone is 2. The normalized spacial score (nSPS) is 26.2. The van der Waals surface area contributed by atoms with E-state index in [2.05, 4.69) is 19.9 Å². The van der Waals surface area contributed by atoms with Gasteiger partial charge in [-0.25, -0.2) is 0 Å². The molecule has 4 atom stereocenters. The maximum Gasteiger partial charge on any atom is 0.233 e. The van der Waals surface area contributed by atoms with Crippen LogP contribution < -0.4 is 0 Å². The van der Waals surface area contributed by atoms with Gasteiger partial charge in [0.15, 0.2) is 0 Å². The summed E-state index contributed by atoms with van der Waals surface area (Å²) in [6.45, 7) is 7.41. The van der Waals surface area contributed by atoms with Crippen molar-refractivity contribution in [3.63, 3.8) is 0 Å². The van der Waals surface area contributed by atoms with E-state index in [9.17, 15) is 14.7 Å². The molecule has 5 heteroatoms. The van der Waals surface area contributed by atoms with Crippen molar-refractivity contribution in [2.45, 2.75) is 65.4 Å². The van der Waals surface area contributed by atoms with E-state index in [-0.39, 0.29) is 35.7 Å². The number of benzene rings is 2. The first-order valence-electron chi connectivity index (χ1n) is 13.5. The molecular weight excluding hydrogens is 450 g/mol. The van der Waals surface area contributed by atoms with Gasteiger partial charge in [0.25, 0.3) is 0 Å². The molecule has 1 aliphatic carbocycles. The van der Waals surface area contributed by atoms with Crippen LogP contribution in [0.3, 0.4) is 0 Å². The van der Waals surface area contributed by atoms with Crippen LogP contribution in [-0.4, -0.2) is 41.1 Å². The van der Waals surface area contributed by atoms with Crippen LogP contribution in [0.25, 0.3) is 16.8 Å². The fraction of sp³-hybridized carbons (Fsp3) is 0.484. The quantitative estimate of drug-likeness (QED) is 0.353. The van der Waals surface area contributed by atoms with Gasteiger partial charge >= 0.3 is 0 Å². The van der Waals surface area contributed by atoms with E-state index >= 15 is 0 Å². The lowest BCUT2D eigenvalue weighted by molar-refractivity contribution is -0.140. The Morgan fingerprint density at radius 3 is 2.58 bits per heavy atom. The monoisotopic (exact) mass is 487 g/mol. The standard InChI is InChI=1S/C31H37NO4/c1-4-8-21-17-24-29(31(35)32(15-5-2)30(24)34)25-18-36-27(28(21)25)14-11-19(3)16-20-12-13-26(33)23-10-7-6-9-22(20)23/h6-7,9-10,12-13,16,24-25,27,29,33H,4-5,8,11,14-15,17-18H2,1-3H3/b19-16+/t24-,25+,27-,29-/m1/s1. The number of ether oxygens (including phenoxy) is 1. The molecule has 2 saturated heterocycles. The molecule has 2 aliphatic heterocycles. The lowest BCUT2D eigenvalue weighted by atomic mass is 9.68. The molecule has 2 heterocycles. The van der Waals surface area contributed by atoms with Crippen molar-refractivity contribution in [3.05, 3.63) is 58.7 Å². The van der Waals surface area contributed by atoms with Gasteiger partial charge in [-0.3, -0.25) is 14.5 Å². The molecule has 5 nitrogen and oxygen atoms in total. The van der Waals surface area contributed by atoms with Crippen LogP contribution in [0.5, 0.6) is 5.75 Å². The number of aromatic hydroxyl groups is 1. The van der Waals surface area contributed by atoms with Crippen molar-refractivity contribution < 1.29 is 19.4 Å². The van der Waals surface area contributed by atoms with Crippen LogP contribution in [0.15, 0.2) is 53.1 Å². The minimum absolute atomic E-state index is 0.0144. The number of carbonyl (C=O) groups excluding carboxylic acids is 2. The maximum absolute atomic E-state index is 13.3. The van der Waals surface area contributed by atoms with Crippen LogP contribution in [-0.2, 0) is 14.3 Å². The van der Waals surface area contributed by atoms with Crippen LogP contribution in [0.4, 0.5) is 0 Å². The number of amides is 2. The summed E-state index contributed by atoms with van der Waals surface area (Å²) >= 11 is 0. The molecule has 2 amide bonds. The molecule has 3 aliphatic rings. The molecule has 2 fully saturated rings. The number of imide groups is 1. The van der Waals surface area contributed by atoms with Crippen LogP contribution in [0.1, 0.15) is 64.9 Å². The second-order valence-electron chi connectivity index (χ2n) is 10.7. The smallest absolute Gasteiger partial charge is 0.233 e. The average Bonchev–Trinajstić information content (AvgIpc) is 3.40. The third-order valence-electron chi connectivity index (χ3n) is 8.24. The van der Waals surface area contributed by atoms with E-state index in [0.717, 1.165) is 48.4 Å². The number of hydrogen-bond acceptors (Lipinski definition) is 4. The van der Waals surface area contributed by atoms with Crippen LogP contribution >= 0.6 is 0 Å². The minimum atomic E-state index is -0.246. The molecule has 0 unspecified atom stereocenters. The van der Waals surface area contributed by atoms with Gasteiger partial charge in [-0.05, 0) is 61.6 Å². The Bertz CT molecular complexity index is 1240. The summed E-state index contributed by atoms with van der Waals surface area (Å²) in [5.41, 5.74) is 5.03. The van der Waals surface area contributed by atoms with Crippen LogP contribution in [0, 0.1) is 17.8 Å². The second-order valence-corrected chi connectivity index (χ2v) is 10.7. The Morgan fingerprint density at radius 2 is 1.83 bits per heavy atom. The summed E-state index contributed by atoms with van der Waals surface area (Å²) in [5.74, 6) is -0.0591. The molecule has 0 spiro atoms. The Kier molecular flexibility index (Phi) is 7.03. The second kappa shape index (κ2) is 10.2. The van der Waals surface area contributed by atoms with Gasteiger partial charge in [0.2, 0.25) is 11.8 Å². The number of phenolic OH excluding ortho intramolecular Hbond substituents is 1. The SMILES string of the molecule is CCCC1=C2[C@@H](CC/C(C)=C/c3ccc(O)c4ccccc34)OC[C@@H]2[C@@H]2C(=O)N(CCC)C(=O)[C@@H]2C1. The third kappa shape index (κ3) is 4.28. The molecule has 0 bridgehead atoms. The van der Waals surface area contributed by atoms with Crippen molar-refractivity contribution in [1.29, 1.82) is 0 Å². The Balaban J connectivity index is 1.36. The lowest BCUT2D eigenvalue weighted by Crippen LogP contribution is -2.34. The van der Waals surface area contributed by atoms with Crippen molar-refractivity contribution >= 4 is 28.7 Å². The summed E-state index contributed by atoms with van der Waals surface area (Å²) in [7, 11) is 0. The highest BCUT2D eigenvalue weighted by Crippen LogP contribution is 2.50. The van der Waals surface area contributed by atoms with Crippen molar-refractivity contribution in [3.8, 4) is 5.75 Å². The number of nitrogens with zero attached hydrogens (tertiary/aromatic N) is 1. The van der Waals surface area contributed by atoms with E-state index < -0.39 is 0 Å². The number of rotatable bonds is 8. The highest BCUT2D eigenvalue weighted by molar-refractivity contribution is 6.06. The zero-order chi connectivity index (χ0) is 25.4. The molecule has 5 rings (SSSR count). The molecule has 36 heavy (non-hydrogen) atoms. The van der Waals surface area contributed by atoms with E-state index in [0.29, 0.717) is 25.3 Å². The minimum Gasteiger partial charge on any atom is -0.507 e. The first-order valence-corrected chi connectivity index (χ1v) is 13.5. The van der Waals surface area contributed by atoms with Gasteiger partial charge in [0.05, 0.1) is 24.5 Å². The molecule has 2 aromatic carbocycles. The topological polar surface area (TPSA) is 66.8 Å². The fourth-order valence-electron chi connectivity index (χ4n) is 6.65. The molecule has 0 radical (unpaired) electrons. The maximum atomic E-state index is 13.3. The summed E-state index contributed by atoms with van der Waals surface area (Å²) in [5, 5.41) is 12.1. The molecule has 1 N–H and O–H groups in total. The zero-order valence-corrected chi connectivity index (χ0v) is 21.6. The van der Waals surface area contributed by atoms with Crippen LogP contribution in [0.2, 0.25) is 0 Å². The summed E-state index contributed by atoms with van der Waals surface area (Å²) in [6.07, 6.45) is 7.48. The predicted molar refractivity (Wildman–Crippen MR) is 142 cm³/mol. The largest absolute Gasteiger partial charge is 0.507 e. The van der Waals surface area contributed by atoms with E-state index in [1.54, 1.807) is 6.07 Å². The zero-order valence-electron chi connectivity index (χ0n) is 21.6. The first-order chi connectivity index (χ1) is 17.4. The van der Waals surface area contributed by atoms with Crippen molar-refractivity contribution in [1.82, 2.24) is 4.90 Å². The van der Waals surface area contributed by atoms with E-state index in [4.69, 9.17) is 4.74 Å². The summed E-state index contributed by atoms with van der Waals surface area (Å²) < 4.78 is 6.35. The Hall–Kier alpha value is -2.92. The predicted octanol–water partition coefficient (Wildman–Crippen LogP) is 6.26. The first kappa shape index (κ1) is 24.8. The molecule has 190 valence electrons. The lowest BCUT2D eigenvalue weighted by Gasteiger charge is -2.32. The van der Waals surface area contributed by atoms with E-state index in [1.165, 1.54) is 21.6 Å². The number of phenols is 1. The average molecular weight is 488 g/mol. The molecule has 0 aromatic heterocycles. The highest BCUT2D eigenvalue weighted by atomic mass is 16.5. The molecule has 0 saturated carbocycles. The van der Waals surface area contributed by atoms with Gasteiger partial charge in [-0.1, -0.05) is 67.8 Å². The fourth-order valence-corrected chi connectivity index (χ4v) is 6.65. The number of carbonyl (C=O) groups is 2. The molecular formula is C31H37NO4. The van der Waals surface area contributed by atoms with Crippen molar-refractivity contribution in [2.24, 2.45) is 17.8 Å². The van der Waals surface area contributed by atoms with Gasteiger partial charge in [-0.2, -0.15) is 0 Å². The summed E-state index contributed by atoms with van der Waals surface area (Å²) in [6, 6.07) is 11.7. The number of fused-ring (bicyclic) bond motifs is 4. The number of likely N-dealkylation sites (tertiary alicyclic amines) is 1. The number of hydrogen-bond donors (Lipinski definition) is 1. The van der Waals surface area contributed by atoms with Gasteiger partial charge in [0.1, 0.15) is 5.75 Å². The van der Waals surface area contributed by atoms with E-state index in [1.807, 2.05) is 37.3 Å². The van der Waals surface area contributed by atoms with Gasteiger partial charge < -0.3 is 9.84 Å². The van der Waals surface area contributed by atoms with Gasteiger partial charge in [0, 0.05) is 17.8 Å². The highest BCUT2D eigenvalue weighted by Gasteiger charge is 2.56.